The summed E-state index contributed by atoms with van der Waals surface area (Å²) in [6, 6.07) is 179. The lowest BCUT2D eigenvalue weighted by molar-refractivity contribution is 1.14. The number of para-hydroxylation sites is 7. The van der Waals surface area contributed by atoms with E-state index in [1.54, 1.807) is 0 Å². The molecule has 0 aliphatic rings. The Hall–Kier alpha value is -17.2. The quantitative estimate of drug-likeness (QED) is 0.103. The SMILES string of the molecule is c1ccc(-c2cc(-c3ccc(-n4c(-c5ccccc5)c(-c5ccccc5)c5ccccc54)cc3)cc(-c3ccccc3)n2)cc1.c1ccc(-c2ccc(-c3cc(-c4ccc(-n5c6ccccc6c6ccccc65)cc4)nc(-c4ccccc4)n3)cc2)cc1.c1ccc2c(c1)c1ccccc1n2-c1ccc(-c2ccc(-c3ccc(-n4c5ccccc5c5ccccc54)cc3)s2)cc1. The lowest BCUT2D eigenvalue weighted by Crippen LogP contribution is -1.98. The van der Waals surface area contributed by atoms with Gasteiger partial charge in [0.25, 0.3) is 0 Å². The number of rotatable bonds is 15. The molecule has 0 saturated heterocycles. The van der Waals surface area contributed by atoms with Gasteiger partial charge in [0.05, 0.1) is 67.1 Å². The van der Waals surface area contributed by atoms with Crippen LogP contribution in [0.5, 0.6) is 0 Å². The Balaban J connectivity index is 0.000000112. The summed E-state index contributed by atoms with van der Waals surface area (Å²) in [6.07, 6.45) is 0. The topological polar surface area (TPSA) is 58.4 Å². The Kier molecular flexibility index (Phi) is 20.8. The van der Waals surface area contributed by atoms with Crippen LogP contribution >= 0.6 is 11.3 Å². The normalized spacial score (nSPS) is 11.4. The number of thiophene rings is 1. The molecule has 25 aromatic rings. The van der Waals surface area contributed by atoms with Crippen LogP contribution in [-0.4, -0.2) is 33.2 Å². The second-order valence-electron chi connectivity index (χ2n) is 32.9. The smallest absolute Gasteiger partial charge is 0.160 e. The maximum absolute atomic E-state index is 5.07. The summed E-state index contributed by atoms with van der Waals surface area (Å²) in [5.74, 6) is 0.715. The number of hydrogen-bond donors (Lipinski definition) is 0. The summed E-state index contributed by atoms with van der Waals surface area (Å²) in [4.78, 5) is 17.7. The third kappa shape index (κ3) is 15.1. The summed E-state index contributed by atoms with van der Waals surface area (Å²) in [6.45, 7) is 0. The van der Waals surface area contributed by atoms with E-state index >= 15 is 0 Å². The van der Waals surface area contributed by atoms with E-state index in [-0.39, 0.29) is 0 Å². The van der Waals surface area contributed by atoms with E-state index in [2.05, 4.69) is 485 Å². The molecule has 0 fully saturated rings. The zero-order valence-electron chi connectivity index (χ0n) is 71.5. The van der Waals surface area contributed by atoms with Crippen LogP contribution < -0.4 is 0 Å². The van der Waals surface area contributed by atoms with Gasteiger partial charge in [-0.15, -0.1) is 11.3 Å². The van der Waals surface area contributed by atoms with Crippen molar-refractivity contribution in [3.05, 3.63) is 504 Å². The average Bonchev–Trinajstić information content (AvgIpc) is 1.59. The van der Waals surface area contributed by atoms with E-state index in [0.717, 1.165) is 73.1 Å². The van der Waals surface area contributed by atoms with Crippen molar-refractivity contribution in [2.45, 2.75) is 0 Å². The molecule has 0 N–H and O–H groups in total. The number of fused-ring (bicyclic) bond motifs is 10. The van der Waals surface area contributed by atoms with Gasteiger partial charge in [0.1, 0.15) is 0 Å². The van der Waals surface area contributed by atoms with Crippen molar-refractivity contribution in [2.24, 2.45) is 0 Å². The molecular weight excluding hydrogens is 1610 g/mol. The predicted octanol–water partition coefficient (Wildman–Crippen LogP) is 32.9. The minimum atomic E-state index is 0.715. The minimum Gasteiger partial charge on any atom is -0.309 e. The monoisotopic (exact) mass is 1690 g/mol. The first kappa shape index (κ1) is 78.5. The second kappa shape index (κ2) is 34.6. The van der Waals surface area contributed by atoms with E-state index in [0.29, 0.717) is 5.82 Å². The molecule has 0 bridgehead atoms. The van der Waals surface area contributed by atoms with E-state index in [1.165, 1.54) is 142 Å². The zero-order valence-corrected chi connectivity index (χ0v) is 72.3. The Morgan fingerprint density at radius 3 is 0.756 bits per heavy atom. The van der Waals surface area contributed by atoms with Gasteiger partial charge in [-0.25, -0.2) is 15.0 Å². The fourth-order valence-electron chi connectivity index (χ4n) is 18.8. The molecule has 0 aliphatic carbocycles. The highest BCUT2D eigenvalue weighted by Crippen LogP contribution is 2.46. The predicted molar refractivity (Wildman–Crippen MR) is 550 cm³/mol. The van der Waals surface area contributed by atoms with Crippen LogP contribution in [0.15, 0.2) is 504 Å². The van der Waals surface area contributed by atoms with Gasteiger partial charge in [0.2, 0.25) is 0 Å². The maximum Gasteiger partial charge on any atom is 0.160 e. The lowest BCUT2D eigenvalue weighted by Gasteiger charge is -2.15. The van der Waals surface area contributed by atoms with Crippen LogP contribution in [-0.2, 0) is 0 Å². The number of hydrogen-bond acceptors (Lipinski definition) is 4. The van der Waals surface area contributed by atoms with Crippen molar-refractivity contribution in [3.63, 3.8) is 0 Å². The summed E-state index contributed by atoms with van der Waals surface area (Å²) >= 11 is 1.84. The number of aromatic nitrogens is 7. The largest absolute Gasteiger partial charge is 0.309 e. The van der Waals surface area contributed by atoms with Crippen LogP contribution in [0.2, 0.25) is 0 Å². The van der Waals surface area contributed by atoms with Gasteiger partial charge in [0, 0.05) is 104 Å². The van der Waals surface area contributed by atoms with Crippen LogP contribution in [0.3, 0.4) is 0 Å². The third-order valence-electron chi connectivity index (χ3n) is 25.0. The standard InChI is InChI=1S/C43H30N2.C40H27N3.C40H26N2S/c1-5-15-32(16-6-1)39-29-36(30-40(44-39)33-17-7-2-8-18-33)31-25-27-37(28-26-31)45-41-24-14-13-23-38(41)42(34-19-9-3-10-20-34)43(45)35-21-11-4-12-22-35;1-3-11-28(12-4-1)29-19-21-30(22-20-29)36-27-37(42-40(41-36)32-13-5-2-6-14-32)31-23-25-33(26-24-31)43-38-17-9-7-15-34(38)35-16-8-10-18-39(35)43;1-5-13-35-31(9-1)32-10-2-6-14-36(32)41(35)29-21-17-27(18-22-29)39-25-26-40(43-39)28-19-23-30(24-20-28)42-37-15-7-3-11-33(37)34-12-4-8-16-38(34)42/h1-30H;1-27H;1-26H. The molecule has 0 aliphatic heterocycles. The molecule has 0 amide bonds. The summed E-state index contributed by atoms with van der Waals surface area (Å²) in [5, 5.41) is 8.90. The molecule has 0 atom stereocenters. The molecule has 8 heteroatoms. The lowest BCUT2D eigenvalue weighted by atomic mass is 9.98. The fourth-order valence-corrected chi connectivity index (χ4v) is 19.8. The highest BCUT2D eigenvalue weighted by Gasteiger charge is 2.24. The van der Waals surface area contributed by atoms with E-state index < -0.39 is 0 Å². The molecule has 7 aromatic heterocycles. The second-order valence-corrected chi connectivity index (χ2v) is 34.0. The number of benzene rings is 18. The molecule has 0 radical (unpaired) electrons. The highest BCUT2D eigenvalue weighted by molar-refractivity contribution is 7.18. The summed E-state index contributed by atoms with van der Waals surface area (Å²) < 4.78 is 9.48. The van der Waals surface area contributed by atoms with Crippen molar-refractivity contribution >= 4 is 87.7 Å². The molecule has 7 heterocycles. The molecule has 0 unspecified atom stereocenters. The first-order chi connectivity index (χ1) is 65.0. The van der Waals surface area contributed by atoms with Gasteiger partial charge < -0.3 is 18.3 Å². The van der Waals surface area contributed by atoms with Crippen LogP contribution in [0, 0.1) is 0 Å². The van der Waals surface area contributed by atoms with Crippen LogP contribution in [0.4, 0.5) is 0 Å². The molecule has 18 aromatic carbocycles. The molecular formula is C123H83N7S. The van der Waals surface area contributed by atoms with Gasteiger partial charge in [-0.1, -0.05) is 382 Å². The van der Waals surface area contributed by atoms with Gasteiger partial charge in [-0.2, -0.15) is 0 Å². The molecule has 616 valence electrons. The van der Waals surface area contributed by atoms with Crippen LogP contribution in [0.25, 0.3) is 221 Å². The van der Waals surface area contributed by atoms with Crippen molar-refractivity contribution in [1.29, 1.82) is 0 Å². The Labute approximate surface area is 763 Å². The fraction of sp³-hybridized carbons (Fsp3) is 0. The molecule has 25 rings (SSSR count). The first-order valence-electron chi connectivity index (χ1n) is 44.4. The molecule has 0 spiro atoms. The Morgan fingerprint density at radius 2 is 0.389 bits per heavy atom. The van der Waals surface area contributed by atoms with Crippen LogP contribution in [0.1, 0.15) is 0 Å². The Bertz CT molecular complexity index is 8040. The van der Waals surface area contributed by atoms with E-state index in [1.807, 2.05) is 47.7 Å². The number of pyridine rings is 1. The summed E-state index contributed by atoms with van der Waals surface area (Å²) in [5.41, 5.74) is 34.1. The van der Waals surface area contributed by atoms with Crippen molar-refractivity contribution in [3.8, 4) is 145 Å². The molecule has 0 saturated carbocycles. The van der Waals surface area contributed by atoms with Crippen molar-refractivity contribution in [2.75, 3.05) is 0 Å². The van der Waals surface area contributed by atoms with Gasteiger partial charge in [-0.3, -0.25) is 0 Å². The molecule has 131 heavy (non-hydrogen) atoms. The third-order valence-corrected chi connectivity index (χ3v) is 26.2. The van der Waals surface area contributed by atoms with Crippen molar-refractivity contribution in [1.82, 2.24) is 33.2 Å². The summed E-state index contributed by atoms with van der Waals surface area (Å²) in [7, 11) is 0. The zero-order chi connectivity index (χ0) is 86.9. The van der Waals surface area contributed by atoms with Gasteiger partial charge in [0.15, 0.2) is 5.82 Å². The average molecular weight is 1690 g/mol. The van der Waals surface area contributed by atoms with E-state index in [4.69, 9.17) is 15.0 Å². The first-order valence-corrected chi connectivity index (χ1v) is 45.3. The van der Waals surface area contributed by atoms with E-state index in [9.17, 15) is 0 Å². The molecule has 7 nitrogen and oxygen atoms in total. The van der Waals surface area contributed by atoms with Gasteiger partial charge in [-0.05, 0) is 166 Å². The van der Waals surface area contributed by atoms with Crippen molar-refractivity contribution < 1.29 is 0 Å². The minimum absolute atomic E-state index is 0.715. The highest BCUT2D eigenvalue weighted by atomic mass is 32.1. The van der Waals surface area contributed by atoms with Gasteiger partial charge >= 0.3 is 0 Å². The maximum atomic E-state index is 5.07. The Morgan fingerprint density at radius 1 is 0.153 bits per heavy atom. The number of nitrogens with zero attached hydrogens (tertiary/aromatic N) is 7.